The molecule has 0 radical (unpaired) electrons. The maximum absolute atomic E-state index is 12.7. The van der Waals surface area contributed by atoms with Crippen molar-refractivity contribution in [3.63, 3.8) is 0 Å². The molecule has 1 aliphatic carbocycles. The Bertz CT molecular complexity index is 1110. The van der Waals surface area contributed by atoms with E-state index in [0.29, 0.717) is 12.3 Å². The standard InChI is InChI=1S/C27H29N5O/c33-26(18-20-6-4-5-7-20)32-16-12-22(13-17-32)27-30-24(21-10-14-28-15-11-21)19-25(31-27)29-23-8-2-1-3-9-23/h1-4,6,8-11,14-15,19-20,22H,5,7,12-13,16-18H2,(H,29,30,31)/t20-/m0/s1. The molecule has 5 rings (SSSR count). The summed E-state index contributed by atoms with van der Waals surface area (Å²) in [5.74, 6) is 2.56. The molecule has 1 saturated heterocycles. The lowest BCUT2D eigenvalue weighted by molar-refractivity contribution is -0.132. The minimum absolute atomic E-state index is 0.235. The van der Waals surface area contributed by atoms with Gasteiger partial charge in [0, 0.05) is 55.1 Å². The summed E-state index contributed by atoms with van der Waals surface area (Å²) in [7, 11) is 0. The van der Waals surface area contributed by atoms with Gasteiger partial charge in [-0.2, -0.15) is 0 Å². The maximum atomic E-state index is 12.7. The van der Waals surface area contributed by atoms with Gasteiger partial charge in [0.15, 0.2) is 0 Å². The number of anilines is 2. The van der Waals surface area contributed by atoms with Gasteiger partial charge in [-0.05, 0) is 55.9 Å². The second kappa shape index (κ2) is 9.94. The van der Waals surface area contributed by atoms with Crippen LogP contribution in [0.4, 0.5) is 11.5 Å². The first-order valence-corrected chi connectivity index (χ1v) is 11.8. The summed E-state index contributed by atoms with van der Waals surface area (Å²) >= 11 is 0. The number of aromatic nitrogens is 3. The minimum Gasteiger partial charge on any atom is -0.343 e. The van der Waals surface area contributed by atoms with Gasteiger partial charge in [0.05, 0.1) is 5.69 Å². The van der Waals surface area contributed by atoms with Gasteiger partial charge < -0.3 is 10.2 Å². The first kappa shape index (κ1) is 21.3. The van der Waals surface area contributed by atoms with E-state index < -0.39 is 0 Å². The molecule has 2 aliphatic rings. The Labute approximate surface area is 194 Å². The van der Waals surface area contributed by atoms with Crippen LogP contribution in [0, 0.1) is 5.92 Å². The smallest absolute Gasteiger partial charge is 0.223 e. The van der Waals surface area contributed by atoms with Crippen LogP contribution in [0.5, 0.6) is 0 Å². The van der Waals surface area contributed by atoms with Gasteiger partial charge in [0.2, 0.25) is 5.91 Å². The number of amides is 1. The van der Waals surface area contributed by atoms with Crippen LogP contribution in [-0.4, -0.2) is 38.8 Å². The predicted octanol–water partition coefficient (Wildman–Crippen LogP) is 5.34. The van der Waals surface area contributed by atoms with Crippen LogP contribution in [0.1, 0.15) is 43.8 Å². The van der Waals surface area contributed by atoms with E-state index in [-0.39, 0.29) is 11.8 Å². The highest BCUT2D eigenvalue weighted by Crippen LogP contribution is 2.31. The summed E-state index contributed by atoms with van der Waals surface area (Å²) in [6, 6.07) is 16.0. The van der Waals surface area contributed by atoms with E-state index in [4.69, 9.17) is 9.97 Å². The maximum Gasteiger partial charge on any atom is 0.223 e. The summed E-state index contributed by atoms with van der Waals surface area (Å²) in [6.45, 7) is 1.54. The third-order valence-electron chi connectivity index (χ3n) is 6.53. The molecule has 1 aliphatic heterocycles. The number of carbonyl (C=O) groups is 1. The molecule has 1 amide bonds. The van der Waals surface area contributed by atoms with Gasteiger partial charge in [-0.3, -0.25) is 9.78 Å². The number of hydrogen-bond acceptors (Lipinski definition) is 5. The van der Waals surface area contributed by atoms with Crippen molar-refractivity contribution in [2.75, 3.05) is 18.4 Å². The average molecular weight is 440 g/mol. The molecular weight excluding hydrogens is 410 g/mol. The lowest BCUT2D eigenvalue weighted by Crippen LogP contribution is -2.38. The topological polar surface area (TPSA) is 71.0 Å². The Morgan fingerprint density at radius 1 is 1.00 bits per heavy atom. The molecule has 6 nitrogen and oxygen atoms in total. The van der Waals surface area contributed by atoms with Crippen molar-refractivity contribution >= 4 is 17.4 Å². The minimum atomic E-state index is 0.235. The van der Waals surface area contributed by atoms with Crippen molar-refractivity contribution in [1.29, 1.82) is 0 Å². The van der Waals surface area contributed by atoms with Crippen molar-refractivity contribution in [2.45, 2.75) is 38.0 Å². The Balaban J connectivity index is 1.33. The van der Waals surface area contributed by atoms with E-state index >= 15 is 0 Å². The molecule has 6 heteroatoms. The molecule has 0 bridgehead atoms. The molecule has 3 aromatic rings. The molecule has 0 saturated carbocycles. The van der Waals surface area contributed by atoms with E-state index in [2.05, 4.69) is 22.5 Å². The normalized spacial score (nSPS) is 18.4. The first-order valence-electron chi connectivity index (χ1n) is 11.8. The number of carbonyl (C=O) groups excluding carboxylic acids is 1. The predicted molar refractivity (Wildman–Crippen MR) is 130 cm³/mol. The Hall–Kier alpha value is -3.54. The molecule has 1 atom stereocenters. The number of nitrogens with zero attached hydrogens (tertiary/aromatic N) is 4. The van der Waals surface area contributed by atoms with Gasteiger partial charge in [-0.1, -0.05) is 30.4 Å². The van der Waals surface area contributed by atoms with Crippen molar-refractivity contribution in [3.8, 4) is 11.3 Å². The monoisotopic (exact) mass is 439 g/mol. The van der Waals surface area contributed by atoms with Crippen molar-refractivity contribution in [3.05, 3.63) is 78.9 Å². The zero-order valence-electron chi connectivity index (χ0n) is 18.7. The summed E-state index contributed by atoms with van der Waals surface area (Å²) in [5.41, 5.74) is 2.89. The number of piperidine rings is 1. The largest absolute Gasteiger partial charge is 0.343 e. The molecule has 1 fully saturated rings. The zero-order valence-corrected chi connectivity index (χ0v) is 18.7. The Morgan fingerprint density at radius 2 is 1.79 bits per heavy atom. The fourth-order valence-electron chi connectivity index (χ4n) is 4.66. The molecule has 168 valence electrons. The highest BCUT2D eigenvalue weighted by molar-refractivity contribution is 5.77. The Kier molecular flexibility index (Phi) is 6.42. The van der Waals surface area contributed by atoms with Gasteiger partial charge >= 0.3 is 0 Å². The SMILES string of the molecule is O=C(C[C@H]1C=CCC1)N1CCC(c2nc(Nc3ccccc3)cc(-c3ccncc3)n2)CC1. The van der Waals surface area contributed by atoms with Crippen LogP contribution in [0.25, 0.3) is 11.3 Å². The second-order valence-corrected chi connectivity index (χ2v) is 8.85. The van der Waals surface area contributed by atoms with Gasteiger partial charge in [-0.25, -0.2) is 9.97 Å². The highest BCUT2D eigenvalue weighted by Gasteiger charge is 2.27. The molecular formula is C27H29N5O. The van der Waals surface area contributed by atoms with E-state index in [1.165, 1.54) is 0 Å². The zero-order chi connectivity index (χ0) is 22.5. The van der Waals surface area contributed by atoms with Crippen LogP contribution in [0.2, 0.25) is 0 Å². The first-order chi connectivity index (χ1) is 16.2. The lowest BCUT2D eigenvalue weighted by atomic mass is 9.94. The summed E-state index contributed by atoms with van der Waals surface area (Å²) in [6.07, 6.45) is 12.6. The third kappa shape index (κ3) is 5.28. The van der Waals surface area contributed by atoms with Crippen LogP contribution in [0.15, 0.2) is 73.1 Å². The number of nitrogens with one attached hydrogen (secondary N) is 1. The number of pyridine rings is 1. The fraction of sp³-hybridized carbons (Fsp3) is 0.333. The number of rotatable bonds is 6. The number of para-hydroxylation sites is 1. The number of hydrogen-bond donors (Lipinski definition) is 1. The van der Waals surface area contributed by atoms with Crippen molar-refractivity contribution in [1.82, 2.24) is 19.9 Å². The molecule has 1 N–H and O–H groups in total. The summed E-state index contributed by atoms with van der Waals surface area (Å²) < 4.78 is 0. The molecule has 0 unspecified atom stereocenters. The summed E-state index contributed by atoms with van der Waals surface area (Å²) in [5, 5.41) is 3.42. The fourth-order valence-corrected chi connectivity index (χ4v) is 4.66. The molecule has 33 heavy (non-hydrogen) atoms. The molecule has 1 aromatic carbocycles. The lowest BCUT2D eigenvalue weighted by Gasteiger charge is -2.32. The highest BCUT2D eigenvalue weighted by atomic mass is 16.2. The quantitative estimate of drug-likeness (QED) is 0.525. The van der Waals surface area contributed by atoms with E-state index in [9.17, 15) is 4.79 Å². The third-order valence-corrected chi connectivity index (χ3v) is 6.53. The Morgan fingerprint density at radius 3 is 2.52 bits per heavy atom. The van der Waals surface area contributed by atoms with Gasteiger partial charge in [0.25, 0.3) is 0 Å². The van der Waals surface area contributed by atoms with E-state index in [1.54, 1.807) is 12.4 Å². The number of allylic oxidation sites excluding steroid dienone is 2. The summed E-state index contributed by atoms with van der Waals surface area (Å²) in [4.78, 5) is 28.7. The van der Waals surface area contributed by atoms with E-state index in [0.717, 1.165) is 67.4 Å². The van der Waals surface area contributed by atoms with Gasteiger partial charge in [-0.15, -0.1) is 0 Å². The molecule has 0 spiro atoms. The van der Waals surface area contributed by atoms with Crippen LogP contribution >= 0.6 is 0 Å². The van der Waals surface area contributed by atoms with Crippen molar-refractivity contribution < 1.29 is 4.79 Å². The van der Waals surface area contributed by atoms with Gasteiger partial charge in [0.1, 0.15) is 11.6 Å². The second-order valence-electron chi connectivity index (χ2n) is 8.85. The van der Waals surface area contributed by atoms with Crippen LogP contribution in [0.3, 0.4) is 0 Å². The molecule has 2 aromatic heterocycles. The average Bonchev–Trinajstić information content (AvgIpc) is 3.38. The number of benzene rings is 1. The van der Waals surface area contributed by atoms with Crippen LogP contribution in [-0.2, 0) is 4.79 Å². The van der Waals surface area contributed by atoms with Crippen LogP contribution < -0.4 is 5.32 Å². The number of likely N-dealkylation sites (tertiary alicyclic amines) is 1. The molecule has 3 heterocycles. The van der Waals surface area contributed by atoms with Crippen molar-refractivity contribution in [2.24, 2.45) is 5.92 Å². The van der Waals surface area contributed by atoms with E-state index in [1.807, 2.05) is 53.4 Å².